The number of ether oxygens (including phenoxy) is 1. The van der Waals surface area contributed by atoms with E-state index in [1.807, 2.05) is 19.2 Å². The van der Waals surface area contributed by atoms with E-state index in [4.69, 9.17) is 4.74 Å². The quantitative estimate of drug-likeness (QED) is 0.557. The summed E-state index contributed by atoms with van der Waals surface area (Å²) in [4.78, 5) is 0. The van der Waals surface area contributed by atoms with Gasteiger partial charge in [-0.1, -0.05) is 19.4 Å². The van der Waals surface area contributed by atoms with Gasteiger partial charge in [-0.3, -0.25) is 0 Å². The Morgan fingerprint density at radius 3 is 2.80 bits per heavy atom. The minimum Gasteiger partial charge on any atom is -0.494 e. The smallest absolute Gasteiger partial charge is 0.121 e. The minimum absolute atomic E-state index is 0.790. The van der Waals surface area contributed by atoms with Crippen LogP contribution < -0.4 is 15.6 Å². The van der Waals surface area contributed by atoms with Crippen molar-refractivity contribution in [1.29, 1.82) is 0 Å². The molecule has 0 saturated carbocycles. The van der Waals surface area contributed by atoms with Crippen molar-refractivity contribution in [2.75, 3.05) is 19.1 Å². The van der Waals surface area contributed by atoms with Crippen LogP contribution >= 0.6 is 0 Å². The van der Waals surface area contributed by atoms with Gasteiger partial charge in [-0.05, 0) is 25.0 Å². The predicted octanol–water partition coefficient (Wildman–Crippen LogP) is 2.72. The highest BCUT2D eigenvalue weighted by Crippen LogP contribution is 2.21. The van der Waals surface area contributed by atoms with Gasteiger partial charge in [-0.2, -0.15) is 0 Å². The van der Waals surface area contributed by atoms with E-state index >= 15 is 0 Å². The van der Waals surface area contributed by atoms with Gasteiger partial charge < -0.3 is 10.2 Å². The molecule has 0 aliphatic heterocycles. The molecule has 84 valence electrons. The summed E-state index contributed by atoms with van der Waals surface area (Å²) in [5.41, 5.74) is 8.25. The predicted molar refractivity (Wildman–Crippen MR) is 64.3 cm³/mol. The zero-order valence-corrected chi connectivity index (χ0v) is 9.76. The summed E-state index contributed by atoms with van der Waals surface area (Å²) in [6.45, 7) is 5.01. The van der Waals surface area contributed by atoms with Gasteiger partial charge in [0.25, 0.3) is 0 Å². The Morgan fingerprint density at radius 2 is 2.13 bits per heavy atom. The van der Waals surface area contributed by atoms with Crippen LogP contribution in [-0.2, 0) is 0 Å². The molecule has 0 heterocycles. The maximum Gasteiger partial charge on any atom is 0.121 e. The number of hydrogen-bond acceptors (Lipinski definition) is 3. The molecule has 3 nitrogen and oxygen atoms in total. The molecule has 0 aliphatic rings. The van der Waals surface area contributed by atoms with Crippen molar-refractivity contribution in [2.24, 2.45) is 0 Å². The fraction of sp³-hybridized carbons (Fsp3) is 0.500. The number of benzene rings is 1. The second kappa shape index (κ2) is 6.30. The van der Waals surface area contributed by atoms with Crippen molar-refractivity contribution in [3.63, 3.8) is 0 Å². The van der Waals surface area contributed by atoms with Gasteiger partial charge in [0.1, 0.15) is 5.75 Å². The molecule has 0 radical (unpaired) electrons. The zero-order chi connectivity index (χ0) is 11.1. The van der Waals surface area contributed by atoms with E-state index in [1.165, 1.54) is 5.56 Å². The van der Waals surface area contributed by atoms with Crippen LogP contribution in [0, 0.1) is 6.92 Å². The number of aryl methyl sites for hydroxylation is 1. The lowest BCUT2D eigenvalue weighted by atomic mass is 10.2. The molecular weight excluding hydrogens is 188 g/mol. The van der Waals surface area contributed by atoms with Gasteiger partial charge in [-0.15, -0.1) is 0 Å². The Balaban J connectivity index is 2.61. The highest BCUT2D eigenvalue weighted by Gasteiger charge is 1.99. The molecule has 1 aromatic carbocycles. The lowest BCUT2D eigenvalue weighted by Gasteiger charge is -2.11. The second-order valence-corrected chi connectivity index (χ2v) is 3.55. The number of nitrogens with one attached hydrogen (secondary N) is 2. The van der Waals surface area contributed by atoms with Crippen molar-refractivity contribution in [1.82, 2.24) is 5.43 Å². The molecule has 0 bridgehead atoms. The summed E-state index contributed by atoms with van der Waals surface area (Å²) in [6, 6.07) is 6.08. The monoisotopic (exact) mass is 208 g/mol. The fourth-order valence-corrected chi connectivity index (χ4v) is 1.29. The summed E-state index contributed by atoms with van der Waals surface area (Å²) < 4.78 is 5.62. The Kier molecular flexibility index (Phi) is 4.98. The first-order valence-electron chi connectivity index (χ1n) is 5.44. The highest BCUT2D eigenvalue weighted by atomic mass is 16.5. The van der Waals surface area contributed by atoms with Crippen LogP contribution in [-0.4, -0.2) is 13.7 Å². The first-order chi connectivity index (χ1) is 7.27. The van der Waals surface area contributed by atoms with Gasteiger partial charge in [-0.25, -0.2) is 5.43 Å². The molecule has 0 amide bonds. The fourth-order valence-electron chi connectivity index (χ4n) is 1.29. The van der Waals surface area contributed by atoms with Crippen molar-refractivity contribution < 1.29 is 4.74 Å². The van der Waals surface area contributed by atoms with Crippen molar-refractivity contribution in [3.05, 3.63) is 23.8 Å². The number of rotatable bonds is 6. The van der Waals surface area contributed by atoms with Crippen LogP contribution in [0.15, 0.2) is 18.2 Å². The van der Waals surface area contributed by atoms with Crippen LogP contribution in [0.1, 0.15) is 25.3 Å². The third kappa shape index (κ3) is 3.80. The number of anilines is 1. The van der Waals surface area contributed by atoms with E-state index in [1.54, 1.807) is 0 Å². The third-order valence-corrected chi connectivity index (χ3v) is 2.24. The highest BCUT2D eigenvalue weighted by molar-refractivity contribution is 5.53. The molecular formula is C12H20N2O. The topological polar surface area (TPSA) is 33.3 Å². The van der Waals surface area contributed by atoms with Crippen molar-refractivity contribution in [2.45, 2.75) is 26.7 Å². The van der Waals surface area contributed by atoms with Crippen LogP contribution in [0.2, 0.25) is 0 Å². The first-order valence-corrected chi connectivity index (χ1v) is 5.44. The van der Waals surface area contributed by atoms with E-state index in [9.17, 15) is 0 Å². The number of hydrazine groups is 1. The molecule has 0 saturated heterocycles. The van der Waals surface area contributed by atoms with E-state index in [0.29, 0.717) is 0 Å². The average molecular weight is 208 g/mol. The van der Waals surface area contributed by atoms with Gasteiger partial charge in [0.15, 0.2) is 0 Å². The third-order valence-electron chi connectivity index (χ3n) is 2.24. The van der Waals surface area contributed by atoms with Gasteiger partial charge in [0, 0.05) is 13.1 Å². The summed E-state index contributed by atoms with van der Waals surface area (Å²) in [6.07, 6.45) is 2.26. The maximum atomic E-state index is 5.62. The Bertz CT molecular complexity index is 300. The standard InChI is InChI=1S/C12H20N2O/c1-4-5-8-15-11-7-6-10(2)12(9-11)14-13-3/h6-7,9,13-14H,4-5,8H2,1-3H3. The van der Waals surface area contributed by atoms with Gasteiger partial charge in [0.2, 0.25) is 0 Å². The maximum absolute atomic E-state index is 5.62. The molecule has 0 aromatic heterocycles. The minimum atomic E-state index is 0.790. The second-order valence-electron chi connectivity index (χ2n) is 3.55. The van der Waals surface area contributed by atoms with Crippen molar-refractivity contribution >= 4 is 5.69 Å². The molecule has 15 heavy (non-hydrogen) atoms. The normalized spacial score (nSPS) is 10.1. The van der Waals surface area contributed by atoms with Crippen molar-refractivity contribution in [3.8, 4) is 5.75 Å². The molecule has 0 fully saturated rings. The zero-order valence-electron chi connectivity index (χ0n) is 9.76. The molecule has 1 rings (SSSR count). The summed E-state index contributed by atoms with van der Waals surface area (Å²) in [5.74, 6) is 0.923. The summed E-state index contributed by atoms with van der Waals surface area (Å²) in [7, 11) is 1.85. The van der Waals surface area contributed by atoms with Gasteiger partial charge >= 0.3 is 0 Å². The van der Waals surface area contributed by atoms with Crippen LogP contribution in [0.3, 0.4) is 0 Å². The SMILES string of the molecule is CCCCOc1ccc(C)c(NNC)c1. The number of unbranched alkanes of at least 4 members (excludes halogenated alkanes) is 1. The largest absolute Gasteiger partial charge is 0.494 e. The van der Waals surface area contributed by atoms with E-state index < -0.39 is 0 Å². The Labute approximate surface area is 91.8 Å². The molecule has 0 unspecified atom stereocenters. The van der Waals surface area contributed by atoms with E-state index in [2.05, 4.69) is 30.8 Å². The molecule has 0 aliphatic carbocycles. The Morgan fingerprint density at radius 1 is 1.33 bits per heavy atom. The first kappa shape index (κ1) is 11.9. The molecule has 3 heteroatoms. The van der Waals surface area contributed by atoms with Crippen LogP contribution in [0.4, 0.5) is 5.69 Å². The lowest BCUT2D eigenvalue weighted by Crippen LogP contribution is -2.15. The van der Waals surface area contributed by atoms with Gasteiger partial charge in [0.05, 0.1) is 12.3 Å². The Hall–Kier alpha value is -1.22. The van der Waals surface area contributed by atoms with Crippen LogP contribution in [0.25, 0.3) is 0 Å². The molecule has 2 N–H and O–H groups in total. The lowest BCUT2D eigenvalue weighted by molar-refractivity contribution is 0.309. The summed E-state index contributed by atoms with van der Waals surface area (Å²) in [5, 5.41) is 0. The molecule has 0 atom stereocenters. The van der Waals surface area contributed by atoms with E-state index in [-0.39, 0.29) is 0 Å². The van der Waals surface area contributed by atoms with Crippen LogP contribution in [0.5, 0.6) is 5.75 Å². The average Bonchev–Trinajstić information content (AvgIpc) is 2.23. The molecule has 1 aromatic rings. The van der Waals surface area contributed by atoms with E-state index in [0.717, 1.165) is 30.9 Å². The molecule has 0 spiro atoms. The number of hydrogen-bond donors (Lipinski definition) is 2. The summed E-state index contributed by atoms with van der Waals surface area (Å²) >= 11 is 0.